The number of rotatable bonds is 20. The summed E-state index contributed by atoms with van der Waals surface area (Å²) in [5.74, 6) is -6.05. The van der Waals surface area contributed by atoms with Crippen LogP contribution in [0.4, 0.5) is 18.9 Å². The molecule has 5 amide bonds. The van der Waals surface area contributed by atoms with Gasteiger partial charge in [-0.1, -0.05) is 75.7 Å². The maximum Gasteiger partial charge on any atom is 0.491 e. The van der Waals surface area contributed by atoms with Crippen LogP contribution in [-0.2, 0) is 35.2 Å². The van der Waals surface area contributed by atoms with E-state index < -0.39 is 66.5 Å². The number of anilines is 1. The molecule has 3 aromatic rings. The van der Waals surface area contributed by atoms with Gasteiger partial charge < -0.3 is 42.0 Å². The lowest BCUT2D eigenvalue weighted by Crippen LogP contribution is -2.56. The van der Waals surface area contributed by atoms with Crippen LogP contribution in [0.25, 0.3) is 0 Å². The summed E-state index contributed by atoms with van der Waals surface area (Å²) in [6.07, 6.45) is -2.85. The van der Waals surface area contributed by atoms with E-state index in [9.17, 15) is 51.5 Å². The average molecular weight is 906 g/mol. The van der Waals surface area contributed by atoms with Crippen LogP contribution in [0.15, 0.2) is 66.7 Å². The first kappa shape index (κ1) is 49.4. The van der Waals surface area contributed by atoms with Crippen LogP contribution in [0.2, 0.25) is 0 Å². The highest BCUT2D eigenvalue weighted by Crippen LogP contribution is 2.32. The minimum absolute atomic E-state index is 0.0298. The van der Waals surface area contributed by atoms with E-state index in [1.807, 2.05) is 13.8 Å². The van der Waals surface area contributed by atoms with E-state index in [2.05, 4.69) is 31.3 Å². The minimum atomic E-state index is -5.17. The number of nitrogens with zero attached hydrogens (tertiary/aromatic N) is 1. The Balaban J connectivity index is 1.08. The molecular formula is C46H54F3N7O9. The van der Waals surface area contributed by atoms with Crippen LogP contribution >= 0.6 is 0 Å². The molecule has 0 aromatic heterocycles. The molecule has 19 heteroatoms. The molecule has 3 aromatic carbocycles. The zero-order valence-electron chi connectivity index (χ0n) is 36.3. The maximum absolute atomic E-state index is 13.9. The number of hydrogen-bond donors (Lipinski definition) is 6. The molecular weight excluding hydrogens is 852 g/mol. The number of likely N-dealkylation sites (tertiary alicyclic amines) is 1. The Morgan fingerprint density at radius 1 is 0.831 bits per heavy atom. The third-order valence-corrected chi connectivity index (χ3v) is 10.9. The van der Waals surface area contributed by atoms with Crippen molar-refractivity contribution >= 4 is 52.8 Å². The molecule has 1 fully saturated rings. The zero-order chi connectivity index (χ0) is 47.4. The lowest BCUT2D eigenvalue weighted by Gasteiger charge is -2.29. The molecule has 0 saturated carbocycles. The monoisotopic (exact) mass is 905 g/mol. The predicted molar refractivity (Wildman–Crippen MR) is 232 cm³/mol. The molecule has 2 aliphatic rings. The Hall–Kier alpha value is -6.63. The standard InChI is InChI=1S/C46H54F3N7O9/c1-4-10-34(55-41(60)32(50)24-27-16-18-28(19-17-27)65-45(64)46(47,48)49)42(61)53-25-37(57)54-35(23-26(2)3)44(63)56-22-8-15-36(56)43(62)52-21-9-20-51-33-14-7-13-31-38(33)40(59)30-12-6-5-11-29(30)39(31)58/h5-7,11-14,16-19,26,32,34-36,51H,4,8-10,15,20-25,50H2,1-3H3,(H,52,62)(H,53,61)(H,54,57)(H,55,60)/t32-,34-,35-,36-/m0/s1. The van der Waals surface area contributed by atoms with E-state index in [0.29, 0.717) is 72.3 Å². The summed E-state index contributed by atoms with van der Waals surface area (Å²) >= 11 is 0. The normalized spacial score (nSPS) is 15.8. The third-order valence-electron chi connectivity index (χ3n) is 10.9. The van der Waals surface area contributed by atoms with Crippen LogP contribution in [0.3, 0.4) is 0 Å². The molecule has 348 valence electrons. The van der Waals surface area contributed by atoms with Gasteiger partial charge in [-0.15, -0.1) is 0 Å². The van der Waals surface area contributed by atoms with Crippen molar-refractivity contribution in [3.05, 3.63) is 94.5 Å². The van der Waals surface area contributed by atoms with Gasteiger partial charge in [0, 0.05) is 42.0 Å². The molecule has 16 nitrogen and oxygen atoms in total. The second kappa shape index (κ2) is 22.3. The van der Waals surface area contributed by atoms with E-state index in [4.69, 9.17) is 5.73 Å². The molecule has 1 heterocycles. The van der Waals surface area contributed by atoms with Crippen molar-refractivity contribution in [2.24, 2.45) is 11.7 Å². The predicted octanol–water partition coefficient (Wildman–Crippen LogP) is 3.34. The zero-order valence-corrected chi connectivity index (χ0v) is 36.3. The number of ether oxygens (including phenoxy) is 1. The van der Waals surface area contributed by atoms with Crippen LogP contribution in [0.5, 0.6) is 5.75 Å². The fourth-order valence-electron chi connectivity index (χ4n) is 7.71. The number of fused-ring (bicyclic) bond motifs is 2. The number of benzene rings is 3. The molecule has 1 saturated heterocycles. The molecule has 0 bridgehead atoms. The summed E-state index contributed by atoms with van der Waals surface area (Å²) in [6, 6.07) is 12.7. The number of halogens is 3. The lowest BCUT2D eigenvalue weighted by molar-refractivity contribution is -0.189. The largest absolute Gasteiger partial charge is 0.491 e. The number of nitrogens with one attached hydrogen (secondary N) is 5. The molecule has 0 unspecified atom stereocenters. The van der Waals surface area contributed by atoms with Crippen molar-refractivity contribution in [1.82, 2.24) is 26.2 Å². The molecule has 0 spiro atoms. The van der Waals surface area contributed by atoms with Gasteiger partial charge in [0.1, 0.15) is 23.9 Å². The minimum Gasteiger partial charge on any atom is -0.420 e. The summed E-state index contributed by atoms with van der Waals surface area (Å²) in [7, 11) is 0. The van der Waals surface area contributed by atoms with Crippen molar-refractivity contribution in [2.45, 2.75) is 96.1 Å². The van der Waals surface area contributed by atoms with Gasteiger partial charge >= 0.3 is 12.1 Å². The van der Waals surface area contributed by atoms with Crippen LogP contribution in [0, 0.1) is 5.92 Å². The van der Waals surface area contributed by atoms with E-state index in [0.717, 1.165) is 12.1 Å². The van der Waals surface area contributed by atoms with Gasteiger partial charge in [0.25, 0.3) is 0 Å². The molecule has 4 atom stereocenters. The van der Waals surface area contributed by atoms with Gasteiger partial charge in [0.2, 0.25) is 29.5 Å². The quantitative estimate of drug-likeness (QED) is 0.0428. The second-order valence-corrected chi connectivity index (χ2v) is 16.4. The number of carbonyl (C=O) groups excluding carboxylic acids is 8. The molecule has 65 heavy (non-hydrogen) atoms. The van der Waals surface area contributed by atoms with Crippen molar-refractivity contribution < 1.29 is 56.3 Å². The number of nitrogens with two attached hydrogens (primary N) is 1. The van der Waals surface area contributed by atoms with Gasteiger partial charge in [-0.2, -0.15) is 13.2 Å². The summed E-state index contributed by atoms with van der Waals surface area (Å²) in [5, 5.41) is 13.9. The molecule has 7 N–H and O–H groups in total. The number of hydrogen-bond acceptors (Lipinski definition) is 11. The number of esters is 1. The fraction of sp³-hybridized carbons (Fsp3) is 0.435. The first-order valence-electron chi connectivity index (χ1n) is 21.5. The number of ketones is 2. The lowest BCUT2D eigenvalue weighted by atomic mass is 9.83. The van der Waals surface area contributed by atoms with Gasteiger partial charge in [-0.3, -0.25) is 33.6 Å². The summed E-state index contributed by atoms with van der Waals surface area (Å²) in [6.45, 7) is 5.96. The Morgan fingerprint density at radius 2 is 1.51 bits per heavy atom. The van der Waals surface area contributed by atoms with Gasteiger partial charge in [0.05, 0.1) is 18.2 Å². The summed E-state index contributed by atoms with van der Waals surface area (Å²) in [5.41, 5.74) is 8.38. The Bertz CT molecular complexity index is 2270. The molecule has 5 rings (SSSR count). The van der Waals surface area contributed by atoms with E-state index in [1.54, 1.807) is 49.4 Å². The highest BCUT2D eigenvalue weighted by Gasteiger charge is 2.41. The van der Waals surface area contributed by atoms with Crippen LogP contribution < -0.4 is 37.1 Å². The van der Waals surface area contributed by atoms with Crippen molar-refractivity contribution in [3.8, 4) is 5.75 Å². The van der Waals surface area contributed by atoms with E-state index >= 15 is 0 Å². The first-order chi connectivity index (χ1) is 30.9. The first-order valence-corrected chi connectivity index (χ1v) is 21.5. The van der Waals surface area contributed by atoms with Gasteiger partial charge in [-0.25, -0.2) is 4.79 Å². The average Bonchev–Trinajstić information content (AvgIpc) is 3.77. The topological polar surface area (TPSA) is 235 Å². The van der Waals surface area contributed by atoms with Gasteiger partial charge in [-0.05, 0) is 68.2 Å². The molecule has 1 aliphatic heterocycles. The fourth-order valence-corrected chi connectivity index (χ4v) is 7.71. The van der Waals surface area contributed by atoms with Crippen molar-refractivity contribution in [1.29, 1.82) is 0 Å². The SMILES string of the molecule is CCC[C@H](NC(=O)[C@@H](N)Cc1ccc(OC(=O)C(F)(F)F)cc1)C(=O)NCC(=O)N[C@@H](CC(C)C)C(=O)N1CCC[C@H]1C(=O)NCCCNc1cccc2c1C(=O)c1ccccc1C2=O. The van der Waals surface area contributed by atoms with Crippen LogP contribution in [-0.4, -0.2) is 108 Å². The van der Waals surface area contributed by atoms with Crippen LogP contribution in [0.1, 0.15) is 96.7 Å². The highest BCUT2D eigenvalue weighted by molar-refractivity contribution is 6.30. The number of carbonyl (C=O) groups is 8. The Labute approximate surface area is 374 Å². The third kappa shape index (κ3) is 13.0. The smallest absolute Gasteiger partial charge is 0.420 e. The second-order valence-electron chi connectivity index (χ2n) is 16.4. The van der Waals surface area contributed by atoms with Crippen molar-refractivity contribution in [2.75, 3.05) is 31.5 Å². The van der Waals surface area contributed by atoms with E-state index in [-0.39, 0.29) is 54.9 Å². The highest BCUT2D eigenvalue weighted by atomic mass is 19.4. The Kier molecular flexibility index (Phi) is 17.0. The maximum atomic E-state index is 13.9. The molecule has 0 radical (unpaired) electrons. The van der Waals surface area contributed by atoms with E-state index in [1.165, 1.54) is 17.0 Å². The summed E-state index contributed by atoms with van der Waals surface area (Å²) in [4.78, 5) is 106. The molecule has 1 aliphatic carbocycles. The summed E-state index contributed by atoms with van der Waals surface area (Å²) < 4.78 is 41.8. The Morgan fingerprint density at radius 3 is 2.17 bits per heavy atom. The van der Waals surface area contributed by atoms with Crippen molar-refractivity contribution in [3.63, 3.8) is 0 Å². The van der Waals surface area contributed by atoms with Gasteiger partial charge in [0.15, 0.2) is 11.6 Å². The number of alkyl halides is 3. The number of amides is 5.